The van der Waals surface area contributed by atoms with Crippen LogP contribution in [0.25, 0.3) is 0 Å². The lowest BCUT2D eigenvalue weighted by Crippen LogP contribution is -2.70. The zero-order valence-electron chi connectivity index (χ0n) is 39.3. The Kier molecular flexibility index (Phi) is 17.4. The SMILES string of the molecule is C=CCOC12Oc3ccc(Oc4ccc(SC)cc4)cc3C3C(CCCCO)C(CCCCO)C=C(C(=NOCc4ccc([N+](=O)[O-])cc4)CC1N(CCC)S(=O)(=O)c1ccc(NC(C)=O)cc1)C32. The van der Waals surface area contributed by atoms with E-state index in [2.05, 4.69) is 18.0 Å². The molecule has 368 valence electrons. The number of nitrogens with one attached hydrogen (secondary N) is 1. The molecular weight excluding hydrogens is 921 g/mol. The maximum absolute atomic E-state index is 15.3. The van der Waals surface area contributed by atoms with Crippen molar-refractivity contribution in [1.82, 2.24) is 4.31 Å². The van der Waals surface area contributed by atoms with E-state index in [1.807, 2.05) is 55.6 Å². The molecule has 1 heterocycles. The quantitative estimate of drug-likeness (QED) is 0.0198. The Morgan fingerprint density at radius 3 is 2.33 bits per heavy atom. The molecule has 1 aliphatic heterocycles. The summed E-state index contributed by atoms with van der Waals surface area (Å²) in [5.41, 5.74) is 3.17. The van der Waals surface area contributed by atoms with E-state index in [4.69, 9.17) is 24.2 Å². The molecule has 1 fully saturated rings. The monoisotopic (exact) mass is 982 g/mol. The Morgan fingerprint density at radius 2 is 1.70 bits per heavy atom. The molecule has 69 heavy (non-hydrogen) atoms. The molecule has 3 N–H and O–H groups in total. The van der Waals surface area contributed by atoms with Crippen LogP contribution in [0.5, 0.6) is 17.2 Å². The number of thioether (sulfide) groups is 1. The number of aliphatic hydroxyl groups excluding tert-OH is 2. The van der Waals surface area contributed by atoms with Crippen LogP contribution in [0.15, 0.2) is 130 Å². The number of nitrogens with zero attached hydrogens (tertiary/aromatic N) is 3. The van der Waals surface area contributed by atoms with E-state index in [9.17, 15) is 25.1 Å². The molecule has 3 aliphatic rings. The minimum Gasteiger partial charge on any atom is -0.460 e. The van der Waals surface area contributed by atoms with Crippen LogP contribution in [0.2, 0.25) is 0 Å². The average Bonchev–Trinajstić information content (AvgIpc) is 3.34. The number of rotatable bonds is 24. The van der Waals surface area contributed by atoms with Gasteiger partial charge in [0.15, 0.2) is 0 Å². The third-order valence-electron chi connectivity index (χ3n) is 13.1. The van der Waals surface area contributed by atoms with Crippen molar-refractivity contribution in [3.8, 4) is 17.2 Å². The second-order valence-corrected chi connectivity index (χ2v) is 20.3. The number of non-ortho nitro benzene ring substituents is 1. The largest absolute Gasteiger partial charge is 0.460 e. The van der Waals surface area contributed by atoms with Gasteiger partial charge in [-0.2, -0.15) is 4.31 Å². The molecule has 17 heteroatoms. The summed E-state index contributed by atoms with van der Waals surface area (Å²) in [6.07, 6.45) is 10.4. The second kappa shape index (κ2) is 23.4. The van der Waals surface area contributed by atoms with E-state index in [-0.39, 0.29) is 73.6 Å². The zero-order valence-corrected chi connectivity index (χ0v) is 41.0. The lowest BCUT2D eigenvalue weighted by Gasteiger charge is -2.59. The van der Waals surface area contributed by atoms with Crippen LogP contribution in [0, 0.1) is 27.9 Å². The van der Waals surface area contributed by atoms with E-state index in [1.165, 1.54) is 35.5 Å². The van der Waals surface area contributed by atoms with Gasteiger partial charge in [-0.05, 0) is 140 Å². The highest BCUT2D eigenvalue weighted by Crippen LogP contribution is 2.62. The summed E-state index contributed by atoms with van der Waals surface area (Å²) in [5, 5.41) is 39.0. The van der Waals surface area contributed by atoms with Crippen molar-refractivity contribution in [1.29, 1.82) is 0 Å². The van der Waals surface area contributed by atoms with Crippen LogP contribution >= 0.6 is 11.8 Å². The highest BCUT2D eigenvalue weighted by Gasteiger charge is 2.66. The van der Waals surface area contributed by atoms with E-state index in [1.54, 1.807) is 42.1 Å². The van der Waals surface area contributed by atoms with Gasteiger partial charge < -0.3 is 34.6 Å². The molecule has 15 nitrogen and oxygen atoms in total. The minimum absolute atomic E-state index is 0.00718. The lowest BCUT2D eigenvalue weighted by atomic mass is 9.55. The topological polar surface area (TPSA) is 199 Å². The summed E-state index contributed by atoms with van der Waals surface area (Å²) < 4.78 is 53.0. The van der Waals surface area contributed by atoms with Gasteiger partial charge >= 0.3 is 0 Å². The van der Waals surface area contributed by atoms with Crippen molar-refractivity contribution in [2.24, 2.45) is 22.9 Å². The van der Waals surface area contributed by atoms with Gasteiger partial charge in [-0.3, -0.25) is 14.9 Å². The van der Waals surface area contributed by atoms with E-state index < -0.39 is 32.7 Å². The number of oxime groups is 1. The standard InChI is InChI=1S/C52H62N4O11S2/c1-5-27-55(69(62,63)43-24-15-38(16-25-43)53-35(3)59)49-33-47(54-65-34-36-13-17-39(18-14-36)56(60)61)45-31-37(11-7-9-28-57)44(12-8-10-29-58)50-46-32-41(66-40-19-22-42(68-4)23-20-40)21-26-48(46)67-52(49,51(45)50)64-30-6-2/h6,13-26,31-32,37,44,49-51,57-58H,2,5,7-12,27-30,33-34H2,1,3-4H3,(H,53,59). The first kappa shape index (κ1) is 51.3. The number of carbonyl (C=O) groups excluding carboxylic acids is 1. The number of nitro groups is 1. The number of hydrogen-bond donors (Lipinski definition) is 3. The number of fused-ring (bicyclic) bond motifs is 2. The van der Waals surface area contributed by atoms with Gasteiger partial charge in [-0.25, -0.2) is 8.42 Å². The highest BCUT2D eigenvalue weighted by atomic mass is 32.2. The number of hydrogen-bond acceptors (Lipinski definition) is 13. The van der Waals surface area contributed by atoms with Crippen LogP contribution in [0.3, 0.4) is 0 Å². The van der Waals surface area contributed by atoms with Gasteiger partial charge in [0.25, 0.3) is 5.69 Å². The molecular formula is C52H62N4O11S2. The van der Waals surface area contributed by atoms with E-state index >= 15 is 8.42 Å². The third-order valence-corrected chi connectivity index (χ3v) is 15.7. The van der Waals surface area contributed by atoms with Gasteiger partial charge in [-0.15, -0.1) is 18.3 Å². The molecule has 4 aromatic carbocycles. The first-order valence-corrected chi connectivity index (χ1v) is 26.2. The molecule has 0 radical (unpaired) electrons. The summed E-state index contributed by atoms with van der Waals surface area (Å²) >= 11 is 1.64. The molecule has 2 aliphatic carbocycles. The van der Waals surface area contributed by atoms with Crippen LogP contribution in [0.1, 0.15) is 82.3 Å². The maximum Gasteiger partial charge on any atom is 0.269 e. The van der Waals surface area contributed by atoms with Crippen molar-refractivity contribution in [2.75, 3.05) is 37.9 Å². The van der Waals surface area contributed by atoms with Gasteiger partial charge in [0.05, 0.1) is 34.1 Å². The van der Waals surface area contributed by atoms with Crippen molar-refractivity contribution in [3.05, 3.63) is 137 Å². The van der Waals surface area contributed by atoms with Crippen LogP contribution in [-0.2, 0) is 31.0 Å². The number of allylic oxidation sites excluding steroid dienone is 1. The Hall–Kier alpha value is -5.56. The van der Waals surface area contributed by atoms with Gasteiger partial charge in [-0.1, -0.05) is 37.1 Å². The first-order chi connectivity index (χ1) is 33.4. The number of unbranched alkanes of at least 4 members (excludes halogenated alkanes) is 2. The van der Waals surface area contributed by atoms with E-state index in [0.717, 1.165) is 28.9 Å². The van der Waals surface area contributed by atoms with Crippen molar-refractivity contribution < 1.29 is 47.4 Å². The summed E-state index contributed by atoms with van der Waals surface area (Å²) in [7, 11) is -4.33. The fourth-order valence-corrected chi connectivity index (χ4v) is 12.2. The Labute approximate surface area is 408 Å². The fourth-order valence-electron chi connectivity index (χ4n) is 10.1. The molecule has 6 atom stereocenters. The third kappa shape index (κ3) is 11.6. The van der Waals surface area contributed by atoms with Crippen LogP contribution < -0.4 is 14.8 Å². The summed E-state index contributed by atoms with van der Waals surface area (Å²) in [4.78, 5) is 30.1. The number of amides is 1. The Balaban J connectivity index is 1.45. The molecule has 0 aromatic heterocycles. The first-order valence-electron chi connectivity index (χ1n) is 23.5. The predicted octanol–water partition coefficient (Wildman–Crippen LogP) is 10.0. The molecule has 6 unspecified atom stereocenters. The molecule has 0 spiro atoms. The number of aliphatic hydroxyl groups is 2. The molecule has 7 rings (SSSR count). The molecule has 0 bridgehead atoms. The van der Waals surface area contributed by atoms with Gasteiger partial charge in [0, 0.05) is 67.3 Å². The lowest BCUT2D eigenvalue weighted by molar-refractivity contribution is -0.384. The minimum atomic E-state index is -4.33. The summed E-state index contributed by atoms with van der Waals surface area (Å²) in [6, 6.07) is 24.6. The molecule has 1 amide bonds. The Morgan fingerprint density at radius 1 is 1.00 bits per heavy atom. The summed E-state index contributed by atoms with van der Waals surface area (Å²) in [6.45, 7) is 7.43. The van der Waals surface area contributed by atoms with Crippen LogP contribution in [-0.4, -0.2) is 83.9 Å². The fraction of sp³-hybridized carbons (Fsp3) is 0.423. The molecule has 1 saturated carbocycles. The summed E-state index contributed by atoms with van der Waals surface area (Å²) in [5.74, 6) is -1.37. The number of carbonyl (C=O) groups is 1. The van der Waals surface area contributed by atoms with Crippen LogP contribution in [0.4, 0.5) is 11.4 Å². The normalized spacial score (nSPS) is 22.2. The van der Waals surface area contributed by atoms with Crippen molar-refractivity contribution in [3.63, 3.8) is 0 Å². The number of anilines is 1. The van der Waals surface area contributed by atoms with E-state index in [0.29, 0.717) is 66.3 Å². The smallest absolute Gasteiger partial charge is 0.269 e. The second-order valence-electron chi connectivity index (χ2n) is 17.6. The maximum atomic E-state index is 15.3. The number of nitro benzene ring substituents is 1. The van der Waals surface area contributed by atoms with Crippen molar-refractivity contribution >= 4 is 44.8 Å². The predicted molar refractivity (Wildman–Crippen MR) is 266 cm³/mol. The van der Waals surface area contributed by atoms with Crippen molar-refractivity contribution in [2.45, 2.75) is 99.4 Å². The average molecular weight is 983 g/mol. The molecule has 0 saturated heterocycles. The van der Waals surface area contributed by atoms with Gasteiger partial charge in [0.2, 0.25) is 21.7 Å². The highest BCUT2D eigenvalue weighted by molar-refractivity contribution is 7.98. The Bertz CT molecular complexity index is 2590. The molecule has 4 aromatic rings. The number of sulfonamides is 1. The zero-order chi connectivity index (χ0) is 49.1. The number of ether oxygens (including phenoxy) is 3. The number of benzene rings is 4. The van der Waals surface area contributed by atoms with Gasteiger partial charge in [0.1, 0.15) is 23.9 Å².